The Labute approximate surface area is 101 Å². The topological polar surface area (TPSA) is 21.7 Å². The van der Waals surface area contributed by atoms with E-state index in [4.69, 9.17) is 4.74 Å². The third kappa shape index (κ3) is 3.25. The van der Waals surface area contributed by atoms with E-state index in [1.807, 2.05) is 0 Å². The average Bonchev–Trinajstić information content (AvgIpc) is 2.28. The van der Waals surface area contributed by atoms with E-state index < -0.39 is 17.9 Å². The standard InChI is InChI=1S/C11H11F4NO2/c12-9-7-8(18-11(13,14)15)1-2-10(9)16-3-5-17-6-4-16/h1-2,7H,3-6H2. The molecule has 100 valence electrons. The van der Waals surface area contributed by atoms with Crippen LogP contribution in [0.25, 0.3) is 0 Å². The van der Waals surface area contributed by atoms with E-state index >= 15 is 0 Å². The van der Waals surface area contributed by atoms with Crippen LogP contribution in [-0.2, 0) is 4.74 Å². The van der Waals surface area contributed by atoms with Gasteiger partial charge in [0, 0.05) is 19.2 Å². The van der Waals surface area contributed by atoms with Gasteiger partial charge in [0.2, 0.25) is 0 Å². The third-order valence-corrected chi connectivity index (χ3v) is 2.50. The predicted molar refractivity (Wildman–Crippen MR) is 56.1 cm³/mol. The molecule has 1 aliphatic rings. The van der Waals surface area contributed by atoms with Crippen LogP contribution in [0, 0.1) is 5.82 Å². The van der Waals surface area contributed by atoms with Crippen molar-refractivity contribution in [3.8, 4) is 5.75 Å². The van der Waals surface area contributed by atoms with Gasteiger partial charge in [-0.25, -0.2) is 4.39 Å². The predicted octanol–water partition coefficient (Wildman–Crippen LogP) is 2.56. The Balaban J connectivity index is 2.14. The summed E-state index contributed by atoms with van der Waals surface area (Å²) < 4.78 is 58.3. The Hall–Kier alpha value is -1.50. The largest absolute Gasteiger partial charge is 0.573 e. The first kappa shape index (κ1) is 12.9. The van der Waals surface area contributed by atoms with Crippen LogP contribution >= 0.6 is 0 Å². The molecule has 1 fully saturated rings. The molecule has 18 heavy (non-hydrogen) atoms. The molecule has 0 spiro atoms. The summed E-state index contributed by atoms with van der Waals surface area (Å²) in [4.78, 5) is 1.72. The summed E-state index contributed by atoms with van der Waals surface area (Å²) >= 11 is 0. The normalized spacial score (nSPS) is 16.8. The molecule has 1 aromatic carbocycles. The molecule has 0 radical (unpaired) electrons. The zero-order chi connectivity index (χ0) is 13.2. The molecule has 0 aliphatic carbocycles. The van der Waals surface area contributed by atoms with Crippen LogP contribution in [0.3, 0.4) is 0 Å². The Kier molecular flexibility index (Phi) is 3.60. The molecule has 2 rings (SSSR count). The minimum Gasteiger partial charge on any atom is -0.406 e. The van der Waals surface area contributed by atoms with Crippen molar-refractivity contribution >= 4 is 5.69 Å². The first-order chi connectivity index (χ1) is 8.46. The van der Waals surface area contributed by atoms with Crippen molar-refractivity contribution in [1.82, 2.24) is 0 Å². The van der Waals surface area contributed by atoms with Gasteiger partial charge in [-0.3, -0.25) is 0 Å². The van der Waals surface area contributed by atoms with Crippen LogP contribution in [-0.4, -0.2) is 32.7 Å². The molecule has 0 amide bonds. The number of nitrogens with zero attached hydrogens (tertiary/aromatic N) is 1. The summed E-state index contributed by atoms with van der Waals surface area (Å²) in [6.07, 6.45) is -4.81. The highest BCUT2D eigenvalue weighted by Crippen LogP contribution is 2.28. The minimum atomic E-state index is -4.81. The summed E-state index contributed by atoms with van der Waals surface area (Å²) in [7, 11) is 0. The van der Waals surface area contributed by atoms with E-state index in [-0.39, 0.29) is 5.69 Å². The van der Waals surface area contributed by atoms with E-state index in [1.165, 1.54) is 6.07 Å². The van der Waals surface area contributed by atoms with Crippen molar-refractivity contribution in [2.75, 3.05) is 31.2 Å². The van der Waals surface area contributed by atoms with Crippen LogP contribution in [0.5, 0.6) is 5.75 Å². The van der Waals surface area contributed by atoms with Gasteiger partial charge in [0.15, 0.2) is 0 Å². The maximum absolute atomic E-state index is 13.7. The van der Waals surface area contributed by atoms with Gasteiger partial charge in [-0.05, 0) is 12.1 Å². The zero-order valence-corrected chi connectivity index (χ0v) is 9.34. The number of rotatable bonds is 2. The second kappa shape index (κ2) is 5.01. The first-order valence-electron chi connectivity index (χ1n) is 5.34. The number of ether oxygens (including phenoxy) is 2. The molecule has 7 heteroatoms. The lowest BCUT2D eigenvalue weighted by Crippen LogP contribution is -2.36. The van der Waals surface area contributed by atoms with Gasteiger partial charge in [0.25, 0.3) is 0 Å². The molecule has 1 aliphatic heterocycles. The van der Waals surface area contributed by atoms with E-state index in [2.05, 4.69) is 4.74 Å². The van der Waals surface area contributed by atoms with Gasteiger partial charge in [-0.2, -0.15) is 0 Å². The van der Waals surface area contributed by atoms with Crippen LogP contribution in [0.1, 0.15) is 0 Å². The summed E-state index contributed by atoms with van der Waals surface area (Å²) in [5.74, 6) is -1.30. The van der Waals surface area contributed by atoms with Crippen LogP contribution in [0.2, 0.25) is 0 Å². The molecule has 3 nitrogen and oxygen atoms in total. The van der Waals surface area contributed by atoms with Crippen LogP contribution in [0.15, 0.2) is 18.2 Å². The average molecular weight is 265 g/mol. The molecule has 0 atom stereocenters. The molecule has 0 saturated carbocycles. The number of halogens is 4. The van der Waals surface area contributed by atoms with E-state index in [0.29, 0.717) is 26.3 Å². The number of hydrogen-bond donors (Lipinski definition) is 0. The summed E-state index contributed by atoms with van der Waals surface area (Å²) in [6.45, 7) is 1.97. The summed E-state index contributed by atoms with van der Waals surface area (Å²) in [5.41, 5.74) is 0.257. The van der Waals surface area contributed by atoms with E-state index in [1.54, 1.807) is 4.90 Å². The lowest BCUT2D eigenvalue weighted by molar-refractivity contribution is -0.274. The maximum atomic E-state index is 13.7. The van der Waals surface area contributed by atoms with Gasteiger partial charge < -0.3 is 14.4 Å². The van der Waals surface area contributed by atoms with Crippen LogP contribution in [0.4, 0.5) is 23.2 Å². The number of morpholine rings is 1. The van der Waals surface area contributed by atoms with Crippen molar-refractivity contribution in [3.63, 3.8) is 0 Å². The Morgan fingerprint density at radius 3 is 2.39 bits per heavy atom. The van der Waals surface area contributed by atoms with Crippen molar-refractivity contribution in [2.45, 2.75) is 6.36 Å². The van der Waals surface area contributed by atoms with Gasteiger partial charge >= 0.3 is 6.36 Å². The number of alkyl halides is 3. The second-order valence-electron chi connectivity index (χ2n) is 3.76. The Bertz CT molecular complexity index is 416. The highest BCUT2D eigenvalue weighted by Gasteiger charge is 2.31. The zero-order valence-electron chi connectivity index (χ0n) is 9.34. The SMILES string of the molecule is Fc1cc(OC(F)(F)F)ccc1N1CCOCC1. The molecule has 0 unspecified atom stereocenters. The van der Waals surface area contributed by atoms with Crippen molar-refractivity contribution in [1.29, 1.82) is 0 Å². The highest BCUT2D eigenvalue weighted by molar-refractivity contribution is 5.50. The van der Waals surface area contributed by atoms with Crippen molar-refractivity contribution < 1.29 is 27.0 Å². The van der Waals surface area contributed by atoms with E-state index in [0.717, 1.165) is 12.1 Å². The van der Waals surface area contributed by atoms with Gasteiger partial charge in [0.05, 0.1) is 18.9 Å². The molecule has 0 N–H and O–H groups in total. The molecule has 0 bridgehead atoms. The van der Waals surface area contributed by atoms with E-state index in [9.17, 15) is 17.6 Å². The third-order valence-electron chi connectivity index (χ3n) is 2.50. The Morgan fingerprint density at radius 2 is 1.83 bits per heavy atom. The Morgan fingerprint density at radius 1 is 1.17 bits per heavy atom. The number of benzene rings is 1. The fourth-order valence-corrected chi connectivity index (χ4v) is 1.75. The van der Waals surface area contributed by atoms with Crippen molar-refractivity contribution in [3.05, 3.63) is 24.0 Å². The lowest BCUT2D eigenvalue weighted by atomic mass is 10.2. The smallest absolute Gasteiger partial charge is 0.406 e. The molecular formula is C11H11F4NO2. The second-order valence-corrected chi connectivity index (χ2v) is 3.76. The minimum absolute atomic E-state index is 0.257. The molecular weight excluding hydrogens is 254 g/mol. The molecule has 1 heterocycles. The monoisotopic (exact) mass is 265 g/mol. The first-order valence-corrected chi connectivity index (χ1v) is 5.34. The summed E-state index contributed by atoms with van der Waals surface area (Å²) in [5, 5.41) is 0. The molecule has 1 aromatic rings. The van der Waals surface area contributed by atoms with Gasteiger partial charge in [-0.1, -0.05) is 0 Å². The van der Waals surface area contributed by atoms with Crippen molar-refractivity contribution in [2.24, 2.45) is 0 Å². The number of hydrogen-bond acceptors (Lipinski definition) is 3. The number of anilines is 1. The molecule has 1 saturated heterocycles. The fraction of sp³-hybridized carbons (Fsp3) is 0.455. The lowest BCUT2D eigenvalue weighted by Gasteiger charge is -2.29. The fourth-order valence-electron chi connectivity index (χ4n) is 1.75. The van der Waals surface area contributed by atoms with Gasteiger partial charge in [0.1, 0.15) is 11.6 Å². The quantitative estimate of drug-likeness (QED) is 0.767. The van der Waals surface area contributed by atoms with Crippen LogP contribution < -0.4 is 9.64 Å². The molecule has 0 aromatic heterocycles. The highest BCUT2D eigenvalue weighted by atomic mass is 19.4. The maximum Gasteiger partial charge on any atom is 0.573 e. The summed E-state index contributed by atoms with van der Waals surface area (Å²) in [6, 6.07) is 3.11. The van der Waals surface area contributed by atoms with Gasteiger partial charge in [-0.15, -0.1) is 13.2 Å².